The Kier molecular flexibility index (Phi) is 3.64. The van der Waals surface area contributed by atoms with Crippen LogP contribution in [0, 0.1) is 11.8 Å². The highest BCUT2D eigenvalue weighted by molar-refractivity contribution is 7.89. The summed E-state index contributed by atoms with van der Waals surface area (Å²) in [7, 11) is 0.349. The van der Waals surface area contributed by atoms with E-state index in [-0.39, 0.29) is 6.04 Å². The highest BCUT2D eigenvalue weighted by Crippen LogP contribution is 2.44. The van der Waals surface area contributed by atoms with Gasteiger partial charge in [-0.1, -0.05) is 6.42 Å². The van der Waals surface area contributed by atoms with Crippen molar-refractivity contribution in [3.8, 4) is 0 Å². The van der Waals surface area contributed by atoms with Gasteiger partial charge in [-0.15, -0.1) is 0 Å². The van der Waals surface area contributed by atoms with Gasteiger partial charge in [0.1, 0.15) is 0 Å². The van der Waals surface area contributed by atoms with Gasteiger partial charge in [0.15, 0.2) is 0 Å². The summed E-state index contributed by atoms with van der Waals surface area (Å²) < 4.78 is 29.8. The third-order valence-corrected chi connectivity index (χ3v) is 6.25. The second kappa shape index (κ2) is 5.16. The van der Waals surface area contributed by atoms with E-state index in [1.54, 1.807) is 12.3 Å². The number of nitrogens with zero attached hydrogens (tertiary/aromatic N) is 1. The van der Waals surface area contributed by atoms with Gasteiger partial charge in [0, 0.05) is 31.5 Å². The fourth-order valence-electron chi connectivity index (χ4n) is 3.74. The summed E-state index contributed by atoms with van der Waals surface area (Å²) in [6.45, 7) is 0.667. The predicted molar refractivity (Wildman–Crippen MR) is 77.7 cm³/mol. The quantitative estimate of drug-likeness (QED) is 0.859. The smallest absolute Gasteiger partial charge is 0.242 e. The summed E-state index contributed by atoms with van der Waals surface area (Å²) in [5, 5.41) is 3.05. The third kappa shape index (κ3) is 2.52. The molecule has 0 radical (unpaired) electrons. The summed E-state index contributed by atoms with van der Waals surface area (Å²) in [4.78, 5) is 0.382. The number of fused-ring (bicyclic) bond motifs is 2. The molecule has 20 heavy (non-hydrogen) atoms. The first-order valence-corrected chi connectivity index (χ1v) is 8.80. The van der Waals surface area contributed by atoms with Crippen molar-refractivity contribution in [2.24, 2.45) is 18.9 Å². The Hall–Kier alpha value is -0.850. The van der Waals surface area contributed by atoms with Crippen molar-refractivity contribution in [2.75, 3.05) is 7.05 Å². The van der Waals surface area contributed by atoms with Crippen LogP contribution < -0.4 is 10.0 Å². The lowest BCUT2D eigenvalue weighted by Crippen LogP contribution is -2.38. The van der Waals surface area contributed by atoms with E-state index in [2.05, 4.69) is 10.0 Å². The van der Waals surface area contributed by atoms with Crippen molar-refractivity contribution in [2.45, 2.75) is 43.2 Å². The summed E-state index contributed by atoms with van der Waals surface area (Å²) >= 11 is 0. The number of aryl methyl sites for hydroxylation is 1. The molecule has 2 aliphatic rings. The number of aromatic nitrogens is 1. The Morgan fingerprint density at radius 1 is 1.35 bits per heavy atom. The molecular formula is C14H23N3O2S. The average Bonchev–Trinajstić information content (AvgIpc) is 3.06. The van der Waals surface area contributed by atoms with E-state index >= 15 is 0 Å². The van der Waals surface area contributed by atoms with E-state index in [0.29, 0.717) is 17.4 Å². The van der Waals surface area contributed by atoms with Gasteiger partial charge < -0.3 is 9.88 Å². The molecule has 1 aromatic rings. The normalized spacial score (nSPS) is 29.2. The Balaban J connectivity index is 1.76. The molecule has 2 N–H and O–H groups in total. The molecule has 3 rings (SSSR count). The molecule has 3 atom stereocenters. The largest absolute Gasteiger partial charge is 0.352 e. The van der Waals surface area contributed by atoms with E-state index in [1.807, 2.05) is 18.7 Å². The van der Waals surface area contributed by atoms with Crippen LogP contribution in [0.15, 0.2) is 17.2 Å². The van der Waals surface area contributed by atoms with Gasteiger partial charge in [0.2, 0.25) is 10.0 Å². The molecule has 1 aromatic heterocycles. The highest BCUT2D eigenvalue weighted by Gasteiger charge is 2.41. The topological polar surface area (TPSA) is 63.1 Å². The lowest BCUT2D eigenvalue weighted by Gasteiger charge is -2.22. The second-order valence-electron chi connectivity index (χ2n) is 6.21. The van der Waals surface area contributed by atoms with E-state index in [4.69, 9.17) is 0 Å². The first-order valence-electron chi connectivity index (χ1n) is 7.32. The Labute approximate surface area is 120 Å². The van der Waals surface area contributed by atoms with Crippen molar-refractivity contribution in [3.63, 3.8) is 0 Å². The Morgan fingerprint density at radius 3 is 2.75 bits per heavy atom. The summed E-state index contributed by atoms with van der Waals surface area (Å²) in [5.74, 6) is 1.29. The molecule has 2 bridgehead atoms. The minimum atomic E-state index is -3.38. The summed E-state index contributed by atoms with van der Waals surface area (Å²) in [5.41, 5.74) is 0.973. The number of hydrogen-bond acceptors (Lipinski definition) is 3. The highest BCUT2D eigenvalue weighted by atomic mass is 32.2. The number of rotatable bonds is 5. The maximum absolute atomic E-state index is 12.5. The molecule has 0 aromatic carbocycles. The van der Waals surface area contributed by atoms with E-state index in [9.17, 15) is 8.42 Å². The fraction of sp³-hybridized carbons (Fsp3) is 0.714. The number of nitrogens with one attached hydrogen (secondary N) is 2. The summed E-state index contributed by atoms with van der Waals surface area (Å²) in [6, 6.07) is 1.90. The maximum atomic E-state index is 12.5. The van der Waals surface area contributed by atoms with Gasteiger partial charge in [-0.25, -0.2) is 13.1 Å². The molecule has 2 aliphatic carbocycles. The fourth-order valence-corrected chi connectivity index (χ4v) is 5.15. The van der Waals surface area contributed by atoms with Crippen LogP contribution in [-0.4, -0.2) is 26.1 Å². The first-order chi connectivity index (χ1) is 9.49. The van der Waals surface area contributed by atoms with Crippen LogP contribution in [0.25, 0.3) is 0 Å². The van der Waals surface area contributed by atoms with Crippen LogP contribution in [0.3, 0.4) is 0 Å². The standard InChI is InChI=1S/C14H23N3O2S/c1-15-8-12-7-13(9-17(12)2)20(18,19)16-14-6-10-3-4-11(14)5-10/h7,9-11,14-16H,3-6,8H2,1-2H3. The molecule has 0 aliphatic heterocycles. The minimum Gasteiger partial charge on any atom is -0.352 e. The molecule has 6 heteroatoms. The van der Waals surface area contributed by atoms with Crippen LogP contribution in [0.2, 0.25) is 0 Å². The molecule has 0 saturated heterocycles. The molecule has 5 nitrogen and oxygen atoms in total. The zero-order valence-electron chi connectivity index (χ0n) is 12.1. The van der Waals surface area contributed by atoms with Crippen molar-refractivity contribution >= 4 is 10.0 Å². The average molecular weight is 297 g/mol. The minimum absolute atomic E-state index is 0.145. The Morgan fingerprint density at radius 2 is 2.15 bits per heavy atom. The third-order valence-electron chi connectivity index (χ3n) is 4.80. The van der Waals surface area contributed by atoms with Gasteiger partial charge in [-0.2, -0.15) is 0 Å². The Bertz CT molecular complexity index is 594. The SMILES string of the molecule is CNCc1cc(S(=O)(=O)NC2CC3CCC2C3)cn1C. The van der Waals surface area contributed by atoms with Crippen LogP contribution in [0.1, 0.15) is 31.4 Å². The maximum Gasteiger partial charge on any atom is 0.242 e. The van der Waals surface area contributed by atoms with E-state index in [1.165, 1.54) is 19.3 Å². The van der Waals surface area contributed by atoms with Gasteiger partial charge >= 0.3 is 0 Å². The number of hydrogen-bond donors (Lipinski definition) is 2. The number of sulfonamides is 1. The van der Waals surface area contributed by atoms with Crippen molar-refractivity contribution in [1.82, 2.24) is 14.6 Å². The van der Waals surface area contributed by atoms with Crippen LogP contribution in [0.4, 0.5) is 0 Å². The van der Waals surface area contributed by atoms with Gasteiger partial charge in [-0.3, -0.25) is 0 Å². The molecule has 2 saturated carbocycles. The van der Waals surface area contributed by atoms with Crippen molar-refractivity contribution < 1.29 is 8.42 Å². The lowest BCUT2D eigenvalue weighted by molar-refractivity contribution is 0.390. The van der Waals surface area contributed by atoms with Gasteiger partial charge in [-0.05, 0) is 44.2 Å². The van der Waals surface area contributed by atoms with Gasteiger partial charge in [0.25, 0.3) is 0 Å². The second-order valence-corrected chi connectivity index (χ2v) is 7.92. The van der Waals surface area contributed by atoms with E-state index < -0.39 is 10.0 Å². The first kappa shape index (κ1) is 14.1. The lowest BCUT2D eigenvalue weighted by atomic mass is 9.96. The van der Waals surface area contributed by atoms with Crippen molar-refractivity contribution in [3.05, 3.63) is 18.0 Å². The zero-order chi connectivity index (χ0) is 14.3. The van der Waals surface area contributed by atoms with Crippen LogP contribution in [0.5, 0.6) is 0 Å². The monoisotopic (exact) mass is 297 g/mol. The molecule has 0 amide bonds. The van der Waals surface area contributed by atoms with E-state index in [0.717, 1.165) is 18.0 Å². The van der Waals surface area contributed by atoms with Gasteiger partial charge in [0.05, 0.1) is 4.90 Å². The summed E-state index contributed by atoms with van der Waals surface area (Å²) in [6.07, 6.45) is 6.37. The molecule has 0 spiro atoms. The molecule has 3 unspecified atom stereocenters. The zero-order valence-corrected chi connectivity index (χ0v) is 12.9. The predicted octanol–water partition coefficient (Wildman–Crippen LogP) is 1.21. The molecule has 2 fully saturated rings. The van der Waals surface area contributed by atoms with Crippen LogP contribution in [-0.2, 0) is 23.6 Å². The van der Waals surface area contributed by atoms with Crippen LogP contribution >= 0.6 is 0 Å². The molecular weight excluding hydrogens is 274 g/mol. The molecule has 112 valence electrons. The molecule has 1 heterocycles. The van der Waals surface area contributed by atoms with Crippen molar-refractivity contribution in [1.29, 1.82) is 0 Å².